The third kappa shape index (κ3) is 3.77. The lowest BCUT2D eigenvalue weighted by Crippen LogP contribution is -2.44. The summed E-state index contributed by atoms with van der Waals surface area (Å²) in [5.74, 6) is 0.820. The van der Waals surface area contributed by atoms with Crippen molar-refractivity contribution < 1.29 is 9.84 Å². The number of hydrogen-bond donors (Lipinski definition) is 3. The summed E-state index contributed by atoms with van der Waals surface area (Å²) in [4.78, 5) is 11.6. The van der Waals surface area contributed by atoms with Gasteiger partial charge in [-0.25, -0.2) is 4.98 Å². The molecule has 3 aromatic heterocycles. The van der Waals surface area contributed by atoms with Crippen molar-refractivity contribution in [3.8, 4) is 11.1 Å². The summed E-state index contributed by atoms with van der Waals surface area (Å²) in [7, 11) is 0. The monoisotopic (exact) mass is 407 g/mol. The molecule has 156 valence electrons. The largest absolute Gasteiger partial charge is 0.397 e. The third-order valence-corrected chi connectivity index (χ3v) is 5.19. The van der Waals surface area contributed by atoms with Gasteiger partial charge in [0, 0.05) is 36.1 Å². The number of aliphatic hydroxyl groups is 1. The van der Waals surface area contributed by atoms with Crippen molar-refractivity contribution in [2.24, 2.45) is 5.73 Å². The van der Waals surface area contributed by atoms with Crippen LogP contribution >= 0.6 is 0 Å². The first-order chi connectivity index (χ1) is 14.6. The maximum Gasteiger partial charge on any atom is 0.130 e. The Kier molecular flexibility index (Phi) is 5.73. The van der Waals surface area contributed by atoms with E-state index >= 15 is 0 Å². The molecule has 0 bridgehead atoms. The molecule has 9 nitrogen and oxygen atoms in total. The predicted octanol–water partition coefficient (Wildman–Crippen LogP) is 1.66. The number of fused-ring (bicyclic) bond motifs is 1. The van der Waals surface area contributed by atoms with Crippen LogP contribution in [0.3, 0.4) is 0 Å². The maximum absolute atomic E-state index is 9.23. The van der Waals surface area contributed by atoms with E-state index in [9.17, 15) is 5.11 Å². The molecule has 0 spiro atoms. The van der Waals surface area contributed by atoms with E-state index in [1.807, 2.05) is 12.3 Å². The highest BCUT2D eigenvalue weighted by atomic mass is 16.5. The van der Waals surface area contributed by atoms with E-state index in [2.05, 4.69) is 28.0 Å². The van der Waals surface area contributed by atoms with Crippen molar-refractivity contribution in [3.05, 3.63) is 42.5 Å². The average Bonchev–Trinajstić information content (AvgIpc) is 3.22. The van der Waals surface area contributed by atoms with Crippen LogP contribution in [0.2, 0.25) is 0 Å². The van der Waals surface area contributed by atoms with Crippen molar-refractivity contribution in [1.29, 1.82) is 5.41 Å². The second-order valence-corrected chi connectivity index (χ2v) is 7.21. The summed E-state index contributed by atoms with van der Waals surface area (Å²) in [5, 5.41) is 21.8. The summed E-state index contributed by atoms with van der Waals surface area (Å²) in [6, 6.07) is 4.16. The van der Waals surface area contributed by atoms with Gasteiger partial charge in [0.2, 0.25) is 0 Å². The normalized spacial score (nSPS) is 17.5. The van der Waals surface area contributed by atoms with E-state index in [1.54, 1.807) is 17.1 Å². The number of nitrogens with zero attached hydrogens (tertiary/aromatic N) is 5. The molecule has 1 unspecified atom stereocenters. The lowest BCUT2D eigenvalue weighted by molar-refractivity contribution is 0.0986. The first kappa shape index (κ1) is 20.0. The fraction of sp³-hybridized carbons (Fsp3) is 0.333. The fourth-order valence-corrected chi connectivity index (χ4v) is 3.70. The molecule has 4 heterocycles. The number of nitrogens with one attached hydrogen (secondary N) is 1. The second-order valence-electron chi connectivity index (χ2n) is 7.21. The Morgan fingerprint density at radius 3 is 3.10 bits per heavy atom. The van der Waals surface area contributed by atoms with Crippen molar-refractivity contribution in [3.63, 3.8) is 0 Å². The highest BCUT2D eigenvalue weighted by Gasteiger charge is 2.23. The molecular weight excluding hydrogens is 382 g/mol. The van der Waals surface area contributed by atoms with Crippen LogP contribution < -0.4 is 10.6 Å². The number of ether oxygens (including phenoxy) is 1. The van der Waals surface area contributed by atoms with Crippen LogP contribution in [0.4, 0.5) is 5.82 Å². The third-order valence-electron chi connectivity index (χ3n) is 5.19. The summed E-state index contributed by atoms with van der Waals surface area (Å²) < 4.78 is 7.30. The highest BCUT2D eigenvalue weighted by molar-refractivity contribution is 6.01. The lowest BCUT2D eigenvalue weighted by Gasteiger charge is -2.34. The van der Waals surface area contributed by atoms with E-state index in [4.69, 9.17) is 20.9 Å². The number of nitrogens with two attached hydrogens (primary N) is 1. The van der Waals surface area contributed by atoms with Gasteiger partial charge in [-0.3, -0.25) is 9.67 Å². The summed E-state index contributed by atoms with van der Waals surface area (Å²) in [6.07, 6.45) is 8.04. The first-order valence-electron chi connectivity index (χ1n) is 9.86. The summed E-state index contributed by atoms with van der Waals surface area (Å²) >= 11 is 0. The van der Waals surface area contributed by atoms with Crippen LogP contribution in [0.15, 0.2) is 36.8 Å². The van der Waals surface area contributed by atoms with Gasteiger partial charge in [-0.1, -0.05) is 0 Å². The van der Waals surface area contributed by atoms with Crippen LogP contribution in [0, 0.1) is 5.41 Å². The van der Waals surface area contributed by atoms with E-state index in [1.165, 1.54) is 6.08 Å². The number of allylic oxidation sites excluding steroid dienone is 1. The van der Waals surface area contributed by atoms with Gasteiger partial charge in [0.1, 0.15) is 17.0 Å². The Labute approximate surface area is 174 Å². The molecule has 1 atom stereocenters. The zero-order chi connectivity index (χ0) is 21.1. The van der Waals surface area contributed by atoms with Crippen LogP contribution in [0.25, 0.3) is 27.7 Å². The molecule has 4 N–H and O–H groups in total. The van der Waals surface area contributed by atoms with E-state index < -0.39 is 0 Å². The van der Waals surface area contributed by atoms with Gasteiger partial charge in [-0.15, -0.1) is 0 Å². The summed E-state index contributed by atoms with van der Waals surface area (Å²) in [5.41, 5.74) is 9.68. The van der Waals surface area contributed by atoms with Crippen molar-refractivity contribution in [1.82, 2.24) is 19.7 Å². The maximum atomic E-state index is 9.23. The topological polar surface area (TPSA) is 126 Å². The number of hydrogen-bond acceptors (Lipinski definition) is 8. The van der Waals surface area contributed by atoms with Gasteiger partial charge in [-0.05, 0) is 30.7 Å². The molecule has 0 aliphatic carbocycles. The number of pyridine rings is 2. The average molecular weight is 407 g/mol. The zero-order valence-corrected chi connectivity index (χ0v) is 16.8. The molecule has 3 aromatic rings. The minimum absolute atomic E-state index is 0.0216. The van der Waals surface area contributed by atoms with Crippen molar-refractivity contribution in [2.45, 2.75) is 19.5 Å². The zero-order valence-electron chi connectivity index (χ0n) is 16.8. The van der Waals surface area contributed by atoms with Crippen molar-refractivity contribution in [2.75, 3.05) is 31.3 Å². The van der Waals surface area contributed by atoms with Crippen LogP contribution in [-0.2, 0) is 11.3 Å². The number of aromatic nitrogens is 4. The second kappa shape index (κ2) is 8.60. The number of morpholine rings is 1. The smallest absolute Gasteiger partial charge is 0.130 e. The minimum Gasteiger partial charge on any atom is -0.397 e. The molecule has 0 saturated carbocycles. The number of anilines is 1. The van der Waals surface area contributed by atoms with E-state index in [0.29, 0.717) is 36.7 Å². The van der Waals surface area contributed by atoms with Gasteiger partial charge >= 0.3 is 0 Å². The lowest BCUT2D eigenvalue weighted by atomic mass is 10.0. The standard InChI is InChI=1S/C21H25N7O2/c1-14-13-30-9-7-28(14)19-10-17(15-11-25-27(12-15)6-8-29)16-3-5-24-21(20(16)26-19)18(23)2-4-22/h2-5,10-12,14,22,29H,6-9,13,23H2,1H3. The first-order valence-corrected chi connectivity index (χ1v) is 9.86. The molecule has 1 aliphatic heterocycles. The highest BCUT2D eigenvalue weighted by Crippen LogP contribution is 2.34. The molecule has 9 heteroatoms. The van der Waals surface area contributed by atoms with E-state index in [0.717, 1.165) is 35.1 Å². The Bertz CT molecular complexity index is 1090. The molecule has 30 heavy (non-hydrogen) atoms. The molecule has 0 radical (unpaired) electrons. The predicted molar refractivity (Wildman–Crippen MR) is 116 cm³/mol. The van der Waals surface area contributed by atoms with E-state index in [-0.39, 0.29) is 12.6 Å². The molecule has 0 aromatic carbocycles. The van der Waals surface area contributed by atoms with Gasteiger partial charge < -0.3 is 25.9 Å². The number of rotatable bonds is 6. The molecule has 0 amide bonds. The Morgan fingerprint density at radius 2 is 2.33 bits per heavy atom. The Morgan fingerprint density at radius 1 is 1.47 bits per heavy atom. The van der Waals surface area contributed by atoms with Crippen LogP contribution in [0.1, 0.15) is 12.6 Å². The summed E-state index contributed by atoms with van der Waals surface area (Å²) in [6.45, 7) is 4.58. The van der Waals surface area contributed by atoms with Crippen LogP contribution in [-0.4, -0.2) is 63.5 Å². The molecule has 1 aliphatic rings. The molecule has 1 fully saturated rings. The van der Waals surface area contributed by atoms with Crippen molar-refractivity contribution >= 4 is 28.6 Å². The van der Waals surface area contributed by atoms with Crippen LogP contribution in [0.5, 0.6) is 0 Å². The molecule has 1 saturated heterocycles. The Balaban J connectivity index is 1.95. The molecular formula is C21H25N7O2. The van der Waals surface area contributed by atoms with Gasteiger partial charge in [0.25, 0.3) is 0 Å². The SMILES string of the molecule is CC1COCCN1c1cc(-c2cnn(CCO)c2)c2ccnc(C(N)=CC=N)c2n1. The number of aliphatic hydroxyl groups excluding tert-OH is 1. The minimum atomic E-state index is 0.0216. The Hall–Kier alpha value is -3.30. The van der Waals surface area contributed by atoms with Gasteiger partial charge in [-0.2, -0.15) is 5.10 Å². The molecule has 4 rings (SSSR count). The fourth-order valence-electron chi connectivity index (χ4n) is 3.70. The quantitative estimate of drug-likeness (QED) is 0.531. The van der Waals surface area contributed by atoms with Gasteiger partial charge in [0.15, 0.2) is 0 Å². The van der Waals surface area contributed by atoms with Gasteiger partial charge in [0.05, 0.1) is 44.3 Å².